The Bertz CT molecular complexity index is 340. The highest BCUT2D eigenvalue weighted by Gasteiger charge is 2.48. The predicted octanol–water partition coefficient (Wildman–Crippen LogP) is 1.12. The number of amides is 1. The number of hydrogen-bond donors (Lipinski definition) is 1. The molecule has 1 N–H and O–H groups in total. The molecular formula is C13H21NO4. The van der Waals surface area contributed by atoms with Crippen LogP contribution in [0.3, 0.4) is 0 Å². The topological polar surface area (TPSA) is 66.8 Å². The first-order valence-electron chi connectivity index (χ1n) is 6.69. The normalized spacial score (nSPS) is 27.7. The van der Waals surface area contributed by atoms with Gasteiger partial charge in [-0.15, -0.1) is 0 Å². The van der Waals surface area contributed by atoms with Crippen LogP contribution in [-0.4, -0.2) is 47.2 Å². The number of aliphatic carboxylic acids is 1. The number of carbonyl (C=O) groups is 2. The maximum Gasteiger partial charge on any atom is 0.308 e. The van der Waals surface area contributed by atoms with Gasteiger partial charge in [0.15, 0.2) is 0 Å². The number of carboxylic acids is 1. The summed E-state index contributed by atoms with van der Waals surface area (Å²) in [7, 11) is 0. The van der Waals surface area contributed by atoms with E-state index in [9.17, 15) is 9.59 Å². The van der Waals surface area contributed by atoms with Gasteiger partial charge in [-0.1, -0.05) is 6.92 Å². The standard InChI is InChI=1S/C13H21NO4/c1-3-18-11-6-10(11)12(15)14(9-4-5-9)7-8(2)13(16)17/h8-11H,3-7H2,1-2H3,(H,16,17). The van der Waals surface area contributed by atoms with Crippen molar-refractivity contribution in [2.45, 2.75) is 45.3 Å². The van der Waals surface area contributed by atoms with Crippen molar-refractivity contribution >= 4 is 11.9 Å². The van der Waals surface area contributed by atoms with Crippen LogP contribution in [0.2, 0.25) is 0 Å². The van der Waals surface area contributed by atoms with Gasteiger partial charge in [0.2, 0.25) is 5.91 Å². The highest BCUT2D eigenvalue weighted by molar-refractivity contribution is 5.83. The Balaban J connectivity index is 1.90. The van der Waals surface area contributed by atoms with Crippen molar-refractivity contribution in [3.63, 3.8) is 0 Å². The molecule has 0 heterocycles. The van der Waals surface area contributed by atoms with Gasteiger partial charge in [-0.3, -0.25) is 9.59 Å². The summed E-state index contributed by atoms with van der Waals surface area (Å²) < 4.78 is 5.43. The third-order valence-electron chi connectivity index (χ3n) is 3.59. The molecule has 2 aliphatic rings. The van der Waals surface area contributed by atoms with E-state index in [2.05, 4.69) is 0 Å². The summed E-state index contributed by atoms with van der Waals surface area (Å²) in [6.45, 7) is 4.53. The molecule has 18 heavy (non-hydrogen) atoms. The number of nitrogens with zero attached hydrogens (tertiary/aromatic N) is 1. The van der Waals surface area contributed by atoms with E-state index in [0.29, 0.717) is 13.2 Å². The molecule has 2 rings (SSSR count). The molecule has 0 aliphatic heterocycles. The monoisotopic (exact) mass is 255 g/mol. The maximum atomic E-state index is 12.3. The van der Waals surface area contributed by atoms with Gasteiger partial charge in [0, 0.05) is 19.2 Å². The Kier molecular flexibility index (Phi) is 3.90. The Hall–Kier alpha value is -1.10. The molecule has 0 saturated heterocycles. The molecule has 2 saturated carbocycles. The summed E-state index contributed by atoms with van der Waals surface area (Å²) in [5.41, 5.74) is 0. The zero-order chi connectivity index (χ0) is 13.3. The van der Waals surface area contributed by atoms with Gasteiger partial charge < -0.3 is 14.7 Å². The van der Waals surface area contributed by atoms with Gasteiger partial charge in [0.05, 0.1) is 17.9 Å². The lowest BCUT2D eigenvalue weighted by Crippen LogP contribution is -2.40. The van der Waals surface area contributed by atoms with Crippen LogP contribution in [0.25, 0.3) is 0 Å². The largest absolute Gasteiger partial charge is 0.481 e. The molecular weight excluding hydrogens is 234 g/mol. The van der Waals surface area contributed by atoms with Crippen LogP contribution in [0.1, 0.15) is 33.1 Å². The van der Waals surface area contributed by atoms with Gasteiger partial charge in [-0.05, 0) is 26.2 Å². The minimum absolute atomic E-state index is 0.0356. The van der Waals surface area contributed by atoms with Crippen molar-refractivity contribution < 1.29 is 19.4 Å². The summed E-state index contributed by atoms with van der Waals surface area (Å²) in [5.74, 6) is -1.29. The molecule has 5 nitrogen and oxygen atoms in total. The fourth-order valence-electron chi connectivity index (χ4n) is 2.22. The lowest BCUT2D eigenvalue weighted by Gasteiger charge is -2.24. The maximum absolute atomic E-state index is 12.3. The van der Waals surface area contributed by atoms with Crippen molar-refractivity contribution in [3.05, 3.63) is 0 Å². The molecule has 0 spiro atoms. The fraction of sp³-hybridized carbons (Fsp3) is 0.846. The first kappa shape index (κ1) is 13.3. The molecule has 0 radical (unpaired) electrons. The summed E-state index contributed by atoms with van der Waals surface area (Å²) in [4.78, 5) is 24.9. The van der Waals surface area contributed by atoms with Crippen molar-refractivity contribution in [2.24, 2.45) is 11.8 Å². The molecule has 0 aromatic rings. The lowest BCUT2D eigenvalue weighted by molar-refractivity contribution is -0.143. The fourth-order valence-corrected chi connectivity index (χ4v) is 2.22. The highest BCUT2D eigenvalue weighted by Crippen LogP contribution is 2.38. The number of hydrogen-bond acceptors (Lipinski definition) is 3. The van der Waals surface area contributed by atoms with E-state index in [4.69, 9.17) is 9.84 Å². The summed E-state index contributed by atoms with van der Waals surface area (Å²) in [6.07, 6.45) is 2.86. The van der Waals surface area contributed by atoms with E-state index >= 15 is 0 Å². The molecule has 2 fully saturated rings. The number of ether oxygens (including phenoxy) is 1. The van der Waals surface area contributed by atoms with Crippen LogP contribution < -0.4 is 0 Å². The van der Waals surface area contributed by atoms with Gasteiger partial charge in [-0.25, -0.2) is 0 Å². The average molecular weight is 255 g/mol. The number of carbonyl (C=O) groups excluding carboxylic acids is 1. The van der Waals surface area contributed by atoms with Crippen LogP contribution in [0.5, 0.6) is 0 Å². The van der Waals surface area contributed by atoms with Gasteiger partial charge in [-0.2, -0.15) is 0 Å². The first-order valence-corrected chi connectivity index (χ1v) is 6.69. The minimum atomic E-state index is -0.842. The lowest BCUT2D eigenvalue weighted by atomic mass is 10.1. The Labute approximate surface area is 107 Å². The molecule has 0 aromatic carbocycles. The van der Waals surface area contributed by atoms with Gasteiger partial charge in [0.1, 0.15) is 0 Å². The van der Waals surface area contributed by atoms with Crippen LogP contribution in [0.15, 0.2) is 0 Å². The quantitative estimate of drug-likeness (QED) is 0.740. The average Bonchev–Trinajstić information content (AvgIpc) is 3.18. The van der Waals surface area contributed by atoms with Crippen molar-refractivity contribution in [1.82, 2.24) is 4.90 Å². The second-order valence-corrected chi connectivity index (χ2v) is 5.30. The molecule has 102 valence electrons. The number of rotatable bonds is 7. The van der Waals surface area contributed by atoms with Crippen molar-refractivity contribution in [2.75, 3.05) is 13.2 Å². The van der Waals surface area contributed by atoms with Crippen LogP contribution in [0, 0.1) is 11.8 Å². The predicted molar refractivity (Wildman–Crippen MR) is 65.1 cm³/mol. The number of carboxylic acid groups (broad SMARTS) is 1. The van der Waals surface area contributed by atoms with Crippen molar-refractivity contribution in [3.8, 4) is 0 Å². The van der Waals surface area contributed by atoms with E-state index in [-0.39, 0.29) is 24.0 Å². The van der Waals surface area contributed by atoms with Crippen LogP contribution in [0.4, 0.5) is 0 Å². The zero-order valence-corrected chi connectivity index (χ0v) is 11.0. The zero-order valence-electron chi connectivity index (χ0n) is 11.0. The molecule has 5 heteroatoms. The second-order valence-electron chi connectivity index (χ2n) is 5.30. The molecule has 3 unspecified atom stereocenters. The van der Waals surface area contributed by atoms with Crippen molar-refractivity contribution in [1.29, 1.82) is 0 Å². The first-order chi connectivity index (χ1) is 8.54. The van der Waals surface area contributed by atoms with E-state index < -0.39 is 11.9 Å². The molecule has 0 bridgehead atoms. The van der Waals surface area contributed by atoms with Crippen LogP contribution in [-0.2, 0) is 14.3 Å². The Morgan fingerprint density at radius 3 is 2.61 bits per heavy atom. The Morgan fingerprint density at radius 2 is 2.11 bits per heavy atom. The molecule has 3 atom stereocenters. The summed E-state index contributed by atoms with van der Waals surface area (Å²) in [6, 6.07) is 0.266. The minimum Gasteiger partial charge on any atom is -0.481 e. The Morgan fingerprint density at radius 1 is 1.44 bits per heavy atom. The SMILES string of the molecule is CCOC1CC1C(=O)N(CC(C)C(=O)O)C1CC1. The third-order valence-corrected chi connectivity index (χ3v) is 3.59. The highest BCUT2D eigenvalue weighted by atomic mass is 16.5. The summed E-state index contributed by atoms with van der Waals surface area (Å²) in [5, 5.41) is 8.94. The third kappa shape index (κ3) is 3.02. The van der Waals surface area contributed by atoms with Gasteiger partial charge >= 0.3 is 5.97 Å². The smallest absolute Gasteiger partial charge is 0.308 e. The van der Waals surface area contributed by atoms with Crippen LogP contribution >= 0.6 is 0 Å². The second kappa shape index (κ2) is 5.26. The molecule has 0 aromatic heterocycles. The van der Waals surface area contributed by atoms with E-state index in [1.165, 1.54) is 0 Å². The van der Waals surface area contributed by atoms with E-state index in [1.807, 2.05) is 6.92 Å². The molecule has 1 amide bonds. The molecule has 2 aliphatic carbocycles. The summed E-state index contributed by atoms with van der Waals surface area (Å²) >= 11 is 0. The van der Waals surface area contributed by atoms with E-state index in [1.54, 1.807) is 11.8 Å². The van der Waals surface area contributed by atoms with Gasteiger partial charge in [0.25, 0.3) is 0 Å². The van der Waals surface area contributed by atoms with E-state index in [0.717, 1.165) is 19.3 Å².